The van der Waals surface area contributed by atoms with Crippen molar-refractivity contribution in [3.8, 4) is 0 Å². The maximum Gasteiger partial charge on any atom is 0.0736 e. The fraction of sp³-hybridized carbons (Fsp3) is 1.00. The SMILES string of the molecule is C[C@H](CO)[C@@H](O)CC[C@](C)(O)CC[C@]1(C)[C@H](C)CC[C@H]2C(C)(C)CCC[C@]21O. The van der Waals surface area contributed by atoms with Gasteiger partial charge in [0.25, 0.3) is 0 Å². The van der Waals surface area contributed by atoms with Gasteiger partial charge < -0.3 is 20.4 Å². The first kappa shape index (κ1) is 24.1. The van der Waals surface area contributed by atoms with Gasteiger partial charge in [-0.05, 0) is 81.0 Å². The Morgan fingerprint density at radius 1 is 1.11 bits per heavy atom. The van der Waals surface area contributed by atoms with Crippen molar-refractivity contribution in [3.63, 3.8) is 0 Å². The van der Waals surface area contributed by atoms with Gasteiger partial charge in [-0.2, -0.15) is 0 Å². The van der Waals surface area contributed by atoms with E-state index in [2.05, 4.69) is 27.7 Å². The van der Waals surface area contributed by atoms with Crippen LogP contribution in [0.5, 0.6) is 0 Å². The number of aliphatic hydroxyl groups excluding tert-OH is 2. The summed E-state index contributed by atoms with van der Waals surface area (Å²) in [6.07, 6.45) is 7.21. The minimum atomic E-state index is -0.869. The predicted molar refractivity (Wildman–Crippen MR) is 114 cm³/mol. The highest BCUT2D eigenvalue weighted by atomic mass is 16.3. The molecule has 0 aromatic carbocycles. The lowest BCUT2D eigenvalue weighted by molar-refractivity contribution is -0.223. The summed E-state index contributed by atoms with van der Waals surface area (Å²) in [4.78, 5) is 0. The van der Waals surface area contributed by atoms with Gasteiger partial charge in [-0.15, -0.1) is 0 Å². The Morgan fingerprint density at radius 3 is 2.36 bits per heavy atom. The van der Waals surface area contributed by atoms with Crippen molar-refractivity contribution in [2.75, 3.05) is 6.61 Å². The number of fused-ring (bicyclic) bond motifs is 1. The summed E-state index contributed by atoms with van der Waals surface area (Å²) < 4.78 is 0. The highest BCUT2D eigenvalue weighted by Crippen LogP contribution is 2.62. The van der Waals surface area contributed by atoms with Gasteiger partial charge in [-0.25, -0.2) is 0 Å². The molecule has 0 heterocycles. The van der Waals surface area contributed by atoms with E-state index in [0.29, 0.717) is 31.1 Å². The van der Waals surface area contributed by atoms with Crippen LogP contribution in [0.1, 0.15) is 99.3 Å². The Hall–Kier alpha value is -0.160. The summed E-state index contributed by atoms with van der Waals surface area (Å²) >= 11 is 0. The van der Waals surface area contributed by atoms with E-state index < -0.39 is 17.3 Å². The molecule has 166 valence electrons. The molecule has 2 fully saturated rings. The van der Waals surface area contributed by atoms with E-state index in [1.807, 2.05) is 13.8 Å². The van der Waals surface area contributed by atoms with Gasteiger partial charge in [0, 0.05) is 12.5 Å². The van der Waals surface area contributed by atoms with Crippen molar-refractivity contribution in [1.29, 1.82) is 0 Å². The van der Waals surface area contributed by atoms with Crippen LogP contribution in [-0.2, 0) is 0 Å². The molecule has 0 spiro atoms. The highest BCUT2D eigenvalue weighted by Gasteiger charge is 2.61. The third kappa shape index (κ3) is 4.61. The van der Waals surface area contributed by atoms with Crippen molar-refractivity contribution in [3.05, 3.63) is 0 Å². The Kier molecular flexibility index (Phi) is 7.34. The van der Waals surface area contributed by atoms with Crippen molar-refractivity contribution < 1.29 is 20.4 Å². The van der Waals surface area contributed by atoms with E-state index >= 15 is 0 Å². The molecule has 0 aromatic rings. The zero-order valence-corrected chi connectivity index (χ0v) is 19.2. The molecule has 0 radical (unpaired) electrons. The molecule has 0 saturated heterocycles. The molecule has 2 rings (SSSR count). The normalized spacial score (nSPS) is 39.6. The molecule has 2 aliphatic carbocycles. The quantitative estimate of drug-likeness (QED) is 0.492. The molecule has 0 unspecified atom stereocenters. The van der Waals surface area contributed by atoms with Gasteiger partial charge >= 0.3 is 0 Å². The third-order valence-electron chi connectivity index (χ3n) is 8.97. The Bertz CT molecular complexity index is 517. The second-order valence-electron chi connectivity index (χ2n) is 11.5. The van der Waals surface area contributed by atoms with Crippen LogP contribution in [0.4, 0.5) is 0 Å². The Morgan fingerprint density at radius 2 is 1.75 bits per heavy atom. The fourth-order valence-electron chi connectivity index (χ4n) is 6.27. The average Bonchev–Trinajstić information content (AvgIpc) is 2.61. The van der Waals surface area contributed by atoms with Crippen molar-refractivity contribution in [1.82, 2.24) is 0 Å². The molecule has 28 heavy (non-hydrogen) atoms. The maximum absolute atomic E-state index is 12.0. The number of aliphatic hydroxyl groups is 4. The van der Waals surface area contributed by atoms with Gasteiger partial charge in [0.1, 0.15) is 0 Å². The maximum atomic E-state index is 12.0. The van der Waals surface area contributed by atoms with Gasteiger partial charge in [-0.3, -0.25) is 0 Å². The van der Waals surface area contributed by atoms with E-state index in [1.165, 1.54) is 6.42 Å². The lowest BCUT2D eigenvalue weighted by Gasteiger charge is -2.63. The van der Waals surface area contributed by atoms with Gasteiger partial charge in [0.15, 0.2) is 0 Å². The van der Waals surface area contributed by atoms with Crippen LogP contribution in [0.25, 0.3) is 0 Å². The molecular weight excluding hydrogens is 352 g/mol. The standard InChI is InChI=1S/C24H46O4/c1-17(16-25)19(26)10-13-22(5,27)14-15-23(6)18(2)8-9-20-21(3,4)11-7-12-24(20,23)28/h17-20,25-28H,7-16H2,1-6H3/t17-,18-,19+,20+,22+,23-,24+/m1/s1. The van der Waals surface area contributed by atoms with E-state index in [-0.39, 0.29) is 23.4 Å². The van der Waals surface area contributed by atoms with Crippen LogP contribution in [0.2, 0.25) is 0 Å². The predicted octanol–water partition coefficient (Wildman–Crippen LogP) is 4.28. The van der Waals surface area contributed by atoms with Crippen LogP contribution in [0.3, 0.4) is 0 Å². The lowest BCUT2D eigenvalue weighted by atomic mass is 9.45. The molecule has 2 saturated carbocycles. The van der Waals surface area contributed by atoms with Crippen LogP contribution in [0, 0.1) is 28.6 Å². The van der Waals surface area contributed by atoms with Crippen molar-refractivity contribution in [2.24, 2.45) is 28.6 Å². The topological polar surface area (TPSA) is 80.9 Å². The fourth-order valence-corrected chi connectivity index (χ4v) is 6.27. The number of hydrogen-bond acceptors (Lipinski definition) is 4. The summed E-state index contributed by atoms with van der Waals surface area (Å²) in [7, 11) is 0. The number of hydrogen-bond donors (Lipinski definition) is 4. The van der Waals surface area contributed by atoms with Crippen molar-refractivity contribution in [2.45, 2.75) is 117 Å². The summed E-state index contributed by atoms with van der Waals surface area (Å²) in [6, 6.07) is 0. The smallest absolute Gasteiger partial charge is 0.0736 e. The molecule has 0 bridgehead atoms. The molecule has 7 atom stereocenters. The first-order chi connectivity index (χ1) is 12.8. The average molecular weight is 399 g/mol. The zero-order valence-electron chi connectivity index (χ0n) is 19.2. The van der Waals surface area contributed by atoms with Gasteiger partial charge in [0.2, 0.25) is 0 Å². The molecule has 4 heteroatoms. The first-order valence-corrected chi connectivity index (χ1v) is 11.5. The molecule has 4 nitrogen and oxygen atoms in total. The molecule has 0 aliphatic heterocycles. The minimum absolute atomic E-state index is 0.0386. The summed E-state index contributed by atoms with van der Waals surface area (Å²) in [5.74, 6) is 0.586. The summed E-state index contributed by atoms with van der Waals surface area (Å²) in [6.45, 7) is 12.8. The molecule has 0 aromatic heterocycles. The lowest BCUT2D eigenvalue weighted by Crippen LogP contribution is -2.63. The van der Waals surface area contributed by atoms with Crippen LogP contribution < -0.4 is 0 Å². The monoisotopic (exact) mass is 398 g/mol. The van der Waals surface area contributed by atoms with Crippen molar-refractivity contribution >= 4 is 0 Å². The molecule has 2 aliphatic rings. The van der Waals surface area contributed by atoms with Crippen LogP contribution >= 0.6 is 0 Å². The zero-order chi connectivity index (χ0) is 21.4. The van der Waals surface area contributed by atoms with Gasteiger partial charge in [-0.1, -0.05) is 41.0 Å². The molecular formula is C24H46O4. The van der Waals surface area contributed by atoms with Gasteiger partial charge in [0.05, 0.1) is 17.3 Å². The van der Waals surface area contributed by atoms with Crippen LogP contribution in [0.15, 0.2) is 0 Å². The molecule has 0 amide bonds. The minimum Gasteiger partial charge on any atom is -0.396 e. The van der Waals surface area contributed by atoms with E-state index in [0.717, 1.165) is 32.1 Å². The summed E-state index contributed by atoms with van der Waals surface area (Å²) in [5.41, 5.74) is -1.56. The second kappa shape index (κ2) is 8.53. The highest BCUT2D eigenvalue weighted by molar-refractivity contribution is 5.11. The number of rotatable bonds is 8. The third-order valence-corrected chi connectivity index (χ3v) is 8.97. The van der Waals surface area contributed by atoms with E-state index in [9.17, 15) is 20.4 Å². The second-order valence-corrected chi connectivity index (χ2v) is 11.5. The van der Waals surface area contributed by atoms with Crippen LogP contribution in [-0.4, -0.2) is 44.3 Å². The largest absolute Gasteiger partial charge is 0.396 e. The summed E-state index contributed by atoms with van der Waals surface area (Å²) in [5, 5.41) is 42.3. The Labute approximate surface area is 172 Å². The van der Waals surface area contributed by atoms with E-state index in [4.69, 9.17) is 0 Å². The first-order valence-electron chi connectivity index (χ1n) is 11.5. The van der Waals surface area contributed by atoms with E-state index in [1.54, 1.807) is 0 Å². The Balaban J connectivity index is 2.09. The molecule has 4 N–H and O–H groups in total.